The summed E-state index contributed by atoms with van der Waals surface area (Å²) in [5.74, 6) is -1.09. The van der Waals surface area contributed by atoms with Gasteiger partial charge in [0.25, 0.3) is 0 Å². The van der Waals surface area contributed by atoms with Crippen molar-refractivity contribution < 1.29 is 19.1 Å². The van der Waals surface area contributed by atoms with E-state index in [2.05, 4.69) is 26.3 Å². The zero-order valence-corrected chi connectivity index (χ0v) is 16.2. The van der Waals surface area contributed by atoms with E-state index in [1.807, 2.05) is 13.8 Å². The van der Waals surface area contributed by atoms with E-state index in [-0.39, 0.29) is 36.0 Å². The number of carbonyl (C=O) groups is 2. The second-order valence-electron chi connectivity index (χ2n) is 7.15. The molecule has 0 saturated heterocycles. The van der Waals surface area contributed by atoms with Crippen molar-refractivity contribution in [3.05, 3.63) is 49.6 Å². The third-order valence-electron chi connectivity index (χ3n) is 4.72. The molecule has 4 nitrogen and oxygen atoms in total. The minimum atomic E-state index is -0.354. The molecule has 1 rings (SSSR count). The summed E-state index contributed by atoms with van der Waals surface area (Å²) < 4.78 is 11.2. The first-order valence-corrected chi connectivity index (χ1v) is 9.23. The summed E-state index contributed by atoms with van der Waals surface area (Å²) in [6.07, 6.45) is 6.54. The summed E-state index contributed by atoms with van der Waals surface area (Å²) in [5, 5.41) is 0. The molecule has 4 atom stereocenters. The van der Waals surface area contributed by atoms with Gasteiger partial charge in [0.2, 0.25) is 0 Å². The predicted molar refractivity (Wildman–Crippen MR) is 104 cm³/mol. The van der Waals surface area contributed by atoms with Gasteiger partial charge >= 0.3 is 11.9 Å². The number of hydrogen-bond donors (Lipinski definition) is 0. The highest BCUT2D eigenvalue weighted by molar-refractivity contribution is 5.77. The van der Waals surface area contributed by atoms with Gasteiger partial charge < -0.3 is 9.47 Å². The molecular weight excluding hydrogens is 328 g/mol. The van der Waals surface area contributed by atoms with Crippen molar-refractivity contribution in [2.45, 2.75) is 64.6 Å². The van der Waals surface area contributed by atoms with E-state index in [1.54, 1.807) is 12.2 Å². The molecule has 0 aliphatic heterocycles. The summed E-state index contributed by atoms with van der Waals surface area (Å²) >= 11 is 0. The normalized spacial score (nSPS) is 21.8. The first-order chi connectivity index (χ1) is 12.3. The second kappa shape index (κ2) is 10.8. The fourth-order valence-electron chi connectivity index (χ4n) is 3.09. The molecule has 0 aromatic heterocycles. The zero-order valence-electron chi connectivity index (χ0n) is 16.2. The van der Waals surface area contributed by atoms with Crippen molar-refractivity contribution in [3.8, 4) is 0 Å². The van der Waals surface area contributed by atoms with E-state index in [0.29, 0.717) is 19.3 Å². The highest BCUT2D eigenvalue weighted by Gasteiger charge is 2.34. The van der Waals surface area contributed by atoms with Crippen LogP contribution in [0.25, 0.3) is 0 Å². The highest BCUT2D eigenvalue weighted by Crippen LogP contribution is 2.32. The molecule has 4 unspecified atom stereocenters. The van der Waals surface area contributed by atoms with Gasteiger partial charge in [0, 0.05) is 12.8 Å². The van der Waals surface area contributed by atoms with Gasteiger partial charge in [-0.1, -0.05) is 31.7 Å². The number of hydrogen-bond acceptors (Lipinski definition) is 4. The van der Waals surface area contributed by atoms with Gasteiger partial charge in [0.15, 0.2) is 0 Å². The van der Waals surface area contributed by atoms with E-state index in [4.69, 9.17) is 9.47 Å². The number of rotatable bonds is 10. The number of carbonyl (C=O) groups excluding carboxylic acids is 2. The van der Waals surface area contributed by atoms with Crippen LogP contribution in [0.4, 0.5) is 0 Å². The van der Waals surface area contributed by atoms with Crippen LogP contribution in [0.15, 0.2) is 49.6 Å². The van der Waals surface area contributed by atoms with Crippen LogP contribution < -0.4 is 0 Å². The van der Waals surface area contributed by atoms with Crippen molar-refractivity contribution in [1.29, 1.82) is 0 Å². The van der Waals surface area contributed by atoms with Crippen molar-refractivity contribution in [1.82, 2.24) is 0 Å². The molecule has 0 aromatic carbocycles. The first kappa shape index (κ1) is 21.9. The van der Waals surface area contributed by atoms with E-state index < -0.39 is 0 Å². The topological polar surface area (TPSA) is 52.6 Å². The van der Waals surface area contributed by atoms with E-state index >= 15 is 0 Å². The molecule has 0 aromatic rings. The van der Waals surface area contributed by atoms with Gasteiger partial charge in [-0.15, -0.1) is 13.2 Å². The van der Waals surface area contributed by atoms with E-state index in [9.17, 15) is 9.59 Å². The Balaban J connectivity index is 2.67. The third-order valence-corrected chi connectivity index (χ3v) is 4.72. The van der Waals surface area contributed by atoms with Crippen LogP contribution in [0.3, 0.4) is 0 Å². The minimum Gasteiger partial charge on any atom is -0.457 e. The lowest BCUT2D eigenvalue weighted by molar-refractivity contribution is -0.158. The van der Waals surface area contributed by atoms with Gasteiger partial charge in [0.1, 0.15) is 12.2 Å². The van der Waals surface area contributed by atoms with Gasteiger partial charge in [-0.05, 0) is 44.3 Å². The maximum Gasteiger partial charge on any atom is 0.309 e. The molecule has 0 radical (unpaired) electrons. The van der Waals surface area contributed by atoms with Crippen molar-refractivity contribution in [2.24, 2.45) is 11.8 Å². The van der Waals surface area contributed by atoms with Crippen LogP contribution in [0.2, 0.25) is 0 Å². The SMILES string of the molecule is C=CCC(OC(=O)C1CCCC(C(=O)OC(CC=C)C(=C)C)C1)C(=C)C. The smallest absolute Gasteiger partial charge is 0.309 e. The molecule has 144 valence electrons. The first-order valence-electron chi connectivity index (χ1n) is 9.23. The molecule has 26 heavy (non-hydrogen) atoms. The molecule has 0 amide bonds. The molecule has 0 N–H and O–H groups in total. The average Bonchev–Trinajstić information content (AvgIpc) is 2.60. The van der Waals surface area contributed by atoms with E-state index in [1.165, 1.54) is 0 Å². The number of esters is 2. The van der Waals surface area contributed by atoms with E-state index in [0.717, 1.165) is 30.4 Å². The molecule has 0 bridgehead atoms. The minimum absolute atomic E-state index is 0.264. The van der Waals surface area contributed by atoms with Crippen molar-refractivity contribution in [2.75, 3.05) is 0 Å². The molecule has 0 spiro atoms. The van der Waals surface area contributed by atoms with Crippen molar-refractivity contribution in [3.63, 3.8) is 0 Å². The number of ether oxygens (including phenoxy) is 2. The van der Waals surface area contributed by atoms with Gasteiger partial charge in [-0.2, -0.15) is 0 Å². The maximum absolute atomic E-state index is 12.5. The summed E-state index contributed by atoms with van der Waals surface area (Å²) in [4.78, 5) is 25.0. The lowest BCUT2D eigenvalue weighted by Gasteiger charge is -2.29. The highest BCUT2D eigenvalue weighted by atomic mass is 16.5. The van der Waals surface area contributed by atoms with Crippen LogP contribution in [-0.2, 0) is 19.1 Å². The summed E-state index contributed by atoms with van der Waals surface area (Å²) in [6.45, 7) is 18.8. The van der Waals surface area contributed by atoms with Crippen LogP contribution in [0.1, 0.15) is 52.4 Å². The second-order valence-corrected chi connectivity index (χ2v) is 7.15. The fourth-order valence-corrected chi connectivity index (χ4v) is 3.09. The Bertz CT molecular complexity index is 512. The molecule has 1 saturated carbocycles. The van der Waals surface area contributed by atoms with Gasteiger partial charge in [0.05, 0.1) is 11.8 Å². The maximum atomic E-state index is 12.5. The average molecular weight is 360 g/mol. The molecule has 0 heterocycles. The third kappa shape index (κ3) is 6.66. The Kier molecular flexibility index (Phi) is 9.11. The van der Waals surface area contributed by atoms with Crippen LogP contribution >= 0.6 is 0 Å². The summed E-state index contributed by atoms with van der Waals surface area (Å²) in [7, 11) is 0. The monoisotopic (exact) mass is 360 g/mol. The Morgan fingerprint density at radius 1 is 0.923 bits per heavy atom. The summed E-state index contributed by atoms with van der Waals surface area (Å²) in [5.41, 5.74) is 1.58. The van der Waals surface area contributed by atoms with Crippen LogP contribution in [0, 0.1) is 11.8 Å². The molecule has 1 aliphatic rings. The standard InChI is InChI=1S/C22H32O4/c1-7-10-19(15(3)4)25-21(23)17-12-9-13-18(14-17)22(24)26-20(11-8-2)16(5)6/h7-8,17-20H,1-3,5,9-14H2,4,6H3. The van der Waals surface area contributed by atoms with Gasteiger partial charge in [-0.25, -0.2) is 0 Å². The Hall–Kier alpha value is -2.10. The van der Waals surface area contributed by atoms with Crippen LogP contribution in [-0.4, -0.2) is 24.1 Å². The molecule has 4 heteroatoms. The van der Waals surface area contributed by atoms with Crippen molar-refractivity contribution >= 4 is 11.9 Å². The largest absolute Gasteiger partial charge is 0.457 e. The Morgan fingerprint density at radius 2 is 1.31 bits per heavy atom. The van der Waals surface area contributed by atoms with Crippen LogP contribution in [0.5, 0.6) is 0 Å². The fraction of sp³-hybridized carbons (Fsp3) is 0.545. The quantitative estimate of drug-likeness (QED) is 0.410. The lowest BCUT2D eigenvalue weighted by Crippen LogP contribution is -2.33. The van der Waals surface area contributed by atoms with Gasteiger partial charge in [-0.3, -0.25) is 9.59 Å². The predicted octanol–water partition coefficient (Wildman–Crippen LogP) is 4.92. The Morgan fingerprint density at radius 3 is 1.62 bits per heavy atom. The molecular formula is C22H32O4. The molecule has 1 fully saturated rings. The molecule has 1 aliphatic carbocycles. The Labute approximate surface area is 157 Å². The lowest BCUT2D eigenvalue weighted by atomic mass is 9.81. The summed E-state index contributed by atoms with van der Waals surface area (Å²) in [6, 6.07) is 0. The zero-order chi connectivity index (χ0) is 19.7.